The number of nitrogens with zero attached hydrogens (tertiary/aromatic N) is 2. The van der Waals surface area contributed by atoms with Gasteiger partial charge < -0.3 is 5.73 Å². The van der Waals surface area contributed by atoms with Crippen LogP contribution in [0.15, 0.2) is 48.7 Å². The second-order valence-corrected chi connectivity index (χ2v) is 4.77. The van der Waals surface area contributed by atoms with E-state index >= 15 is 0 Å². The normalized spacial score (nSPS) is 11.1. The van der Waals surface area contributed by atoms with E-state index in [-0.39, 0.29) is 0 Å². The Kier molecular flexibility index (Phi) is 3.05. The van der Waals surface area contributed by atoms with Crippen LogP contribution in [-0.4, -0.2) is 16.3 Å². The minimum absolute atomic E-state index is 0.684. The van der Waals surface area contributed by atoms with E-state index in [4.69, 9.17) is 5.73 Å². The van der Waals surface area contributed by atoms with Crippen molar-refractivity contribution in [2.24, 2.45) is 5.73 Å². The first-order valence-corrected chi connectivity index (χ1v) is 6.52. The van der Waals surface area contributed by atoms with Crippen molar-refractivity contribution in [3.8, 4) is 5.69 Å². The van der Waals surface area contributed by atoms with Gasteiger partial charge in [-0.1, -0.05) is 30.3 Å². The van der Waals surface area contributed by atoms with Crippen LogP contribution in [0, 0.1) is 6.92 Å². The molecule has 0 bridgehead atoms. The summed E-state index contributed by atoms with van der Waals surface area (Å²) >= 11 is 0. The summed E-state index contributed by atoms with van der Waals surface area (Å²) in [6.45, 7) is 2.80. The highest BCUT2D eigenvalue weighted by atomic mass is 15.3. The van der Waals surface area contributed by atoms with Crippen LogP contribution in [-0.2, 0) is 6.42 Å². The highest BCUT2D eigenvalue weighted by Crippen LogP contribution is 2.21. The largest absolute Gasteiger partial charge is 0.330 e. The zero-order valence-electron chi connectivity index (χ0n) is 11.0. The molecule has 3 rings (SSSR count). The SMILES string of the molecule is Cc1cc(CCN)ccc1-n1ncc2ccccc21. The van der Waals surface area contributed by atoms with Crippen LogP contribution in [0.25, 0.3) is 16.6 Å². The maximum absolute atomic E-state index is 5.60. The molecule has 3 heteroatoms. The fourth-order valence-electron chi connectivity index (χ4n) is 2.44. The van der Waals surface area contributed by atoms with Crippen LogP contribution in [0.5, 0.6) is 0 Å². The lowest BCUT2D eigenvalue weighted by Gasteiger charge is -2.09. The van der Waals surface area contributed by atoms with Crippen LogP contribution in [0.3, 0.4) is 0 Å². The van der Waals surface area contributed by atoms with Crippen molar-refractivity contribution in [2.75, 3.05) is 6.54 Å². The van der Waals surface area contributed by atoms with Crippen molar-refractivity contribution in [1.29, 1.82) is 0 Å². The molecule has 0 unspecified atom stereocenters. The van der Waals surface area contributed by atoms with E-state index in [1.54, 1.807) is 0 Å². The van der Waals surface area contributed by atoms with Crippen LogP contribution >= 0.6 is 0 Å². The van der Waals surface area contributed by atoms with E-state index in [0.717, 1.165) is 23.0 Å². The predicted molar refractivity (Wildman–Crippen MR) is 78.6 cm³/mol. The number of rotatable bonds is 3. The second kappa shape index (κ2) is 4.86. The number of benzene rings is 2. The summed E-state index contributed by atoms with van der Waals surface area (Å²) < 4.78 is 2.00. The molecule has 0 atom stereocenters. The van der Waals surface area contributed by atoms with Crippen LogP contribution in [0.4, 0.5) is 0 Å². The van der Waals surface area contributed by atoms with Crippen molar-refractivity contribution in [3.05, 3.63) is 59.8 Å². The fraction of sp³-hybridized carbons (Fsp3) is 0.188. The molecule has 3 nitrogen and oxygen atoms in total. The molecule has 0 fully saturated rings. The molecule has 19 heavy (non-hydrogen) atoms. The average molecular weight is 251 g/mol. The lowest BCUT2D eigenvalue weighted by atomic mass is 10.1. The summed E-state index contributed by atoms with van der Waals surface area (Å²) in [6, 6.07) is 14.7. The number of hydrogen-bond donors (Lipinski definition) is 1. The van der Waals surface area contributed by atoms with Gasteiger partial charge in [-0.25, -0.2) is 4.68 Å². The van der Waals surface area contributed by atoms with E-state index in [9.17, 15) is 0 Å². The van der Waals surface area contributed by atoms with E-state index in [0.29, 0.717) is 6.54 Å². The van der Waals surface area contributed by atoms with Gasteiger partial charge in [-0.05, 0) is 43.1 Å². The summed E-state index contributed by atoms with van der Waals surface area (Å²) in [4.78, 5) is 0. The molecule has 0 radical (unpaired) electrons. The number of fused-ring (bicyclic) bond motifs is 1. The van der Waals surface area contributed by atoms with Gasteiger partial charge in [-0.3, -0.25) is 0 Å². The third kappa shape index (κ3) is 2.13. The molecule has 2 N–H and O–H groups in total. The third-order valence-corrected chi connectivity index (χ3v) is 3.40. The van der Waals surface area contributed by atoms with Crippen molar-refractivity contribution in [3.63, 3.8) is 0 Å². The predicted octanol–water partition coefficient (Wildman–Crippen LogP) is 2.84. The first-order valence-electron chi connectivity index (χ1n) is 6.52. The van der Waals surface area contributed by atoms with Gasteiger partial charge in [0.25, 0.3) is 0 Å². The number of hydrogen-bond acceptors (Lipinski definition) is 2. The average Bonchev–Trinajstić information content (AvgIpc) is 2.83. The van der Waals surface area contributed by atoms with Crippen molar-refractivity contribution < 1.29 is 0 Å². The summed E-state index contributed by atoms with van der Waals surface area (Å²) in [6.07, 6.45) is 2.82. The maximum atomic E-state index is 5.60. The Morgan fingerprint density at radius 1 is 1.16 bits per heavy atom. The standard InChI is InChI=1S/C16H17N3/c1-12-10-13(8-9-17)6-7-15(12)19-16-5-3-2-4-14(16)11-18-19/h2-7,10-11H,8-9,17H2,1H3. The highest BCUT2D eigenvalue weighted by molar-refractivity contribution is 5.80. The molecule has 0 aliphatic rings. The monoisotopic (exact) mass is 251 g/mol. The van der Waals surface area contributed by atoms with Crippen molar-refractivity contribution >= 4 is 10.9 Å². The Balaban J connectivity index is 2.11. The van der Waals surface area contributed by atoms with Gasteiger partial charge in [0.1, 0.15) is 0 Å². The molecule has 0 spiro atoms. The molecule has 1 aromatic heterocycles. The minimum Gasteiger partial charge on any atom is -0.330 e. The Morgan fingerprint density at radius 2 is 2.00 bits per heavy atom. The van der Waals surface area contributed by atoms with Crippen LogP contribution in [0.1, 0.15) is 11.1 Å². The summed E-state index contributed by atoms with van der Waals surface area (Å²) in [5, 5.41) is 5.65. The molecular formula is C16H17N3. The van der Waals surface area contributed by atoms with E-state index in [1.165, 1.54) is 11.1 Å². The number of nitrogens with two attached hydrogens (primary N) is 1. The van der Waals surface area contributed by atoms with Crippen LogP contribution in [0.2, 0.25) is 0 Å². The summed E-state index contributed by atoms with van der Waals surface area (Å²) in [7, 11) is 0. The molecule has 2 aromatic carbocycles. The van der Waals surface area contributed by atoms with Crippen molar-refractivity contribution in [1.82, 2.24) is 9.78 Å². The quantitative estimate of drug-likeness (QED) is 0.778. The van der Waals surface area contributed by atoms with E-state index in [2.05, 4.69) is 42.4 Å². The van der Waals surface area contributed by atoms with E-state index < -0.39 is 0 Å². The van der Waals surface area contributed by atoms with Gasteiger partial charge in [0.2, 0.25) is 0 Å². The topological polar surface area (TPSA) is 43.8 Å². The Bertz CT molecular complexity index is 713. The Morgan fingerprint density at radius 3 is 2.79 bits per heavy atom. The van der Waals surface area contributed by atoms with Gasteiger partial charge in [0.05, 0.1) is 17.4 Å². The molecule has 0 aliphatic carbocycles. The molecule has 96 valence electrons. The zero-order valence-corrected chi connectivity index (χ0v) is 11.0. The number of aryl methyl sites for hydroxylation is 1. The molecular weight excluding hydrogens is 234 g/mol. The van der Waals surface area contributed by atoms with Gasteiger partial charge in [-0.15, -0.1) is 0 Å². The van der Waals surface area contributed by atoms with E-state index in [1.807, 2.05) is 23.0 Å². The highest BCUT2D eigenvalue weighted by Gasteiger charge is 2.07. The van der Waals surface area contributed by atoms with Gasteiger partial charge in [0, 0.05) is 5.39 Å². The number of aromatic nitrogens is 2. The fourth-order valence-corrected chi connectivity index (χ4v) is 2.44. The zero-order chi connectivity index (χ0) is 13.2. The first-order chi connectivity index (χ1) is 9.29. The second-order valence-electron chi connectivity index (χ2n) is 4.77. The summed E-state index contributed by atoms with van der Waals surface area (Å²) in [5.74, 6) is 0. The smallest absolute Gasteiger partial charge is 0.0741 e. The van der Waals surface area contributed by atoms with Gasteiger partial charge in [0.15, 0.2) is 0 Å². The van der Waals surface area contributed by atoms with Crippen molar-refractivity contribution in [2.45, 2.75) is 13.3 Å². The molecule has 0 aliphatic heterocycles. The summed E-state index contributed by atoms with van der Waals surface area (Å²) in [5.41, 5.74) is 10.4. The first kappa shape index (κ1) is 11.9. The Hall–Kier alpha value is -2.13. The third-order valence-electron chi connectivity index (χ3n) is 3.40. The molecule has 0 saturated heterocycles. The maximum Gasteiger partial charge on any atom is 0.0741 e. The molecule has 0 saturated carbocycles. The number of para-hydroxylation sites is 1. The minimum atomic E-state index is 0.684. The lowest BCUT2D eigenvalue weighted by molar-refractivity contribution is 0.896. The molecule has 1 heterocycles. The molecule has 0 amide bonds. The van der Waals surface area contributed by atoms with Crippen LogP contribution < -0.4 is 5.73 Å². The lowest BCUT2D eigenvalue weighted by Crippen LogP contribution is -2.04. The van der Waals surface area contributed by atoms with Gasteiger partial charge in [-0.2, -0.15) is 5.10 Å². The van der Waals surface area contributed by atoms with Gasteiger partial charge >= 0.3 is 0 Å². The molecule has 3 aromatic rings. The Labute approximate surface area is 112 Å².